The number of nitrogens with one attached hydrogen (secondary N) is 1. The molecule has 0 aromatic heterocycles. The molecule has 2 aromatic rings. The van der Waals surface area contributed by atoms with Crippen LogP contribution in [-0.2, 0) is 33.4 Å². The van der Waals surface area contributed by atoms with E-state index < -0.39 is 44.5 Å². The zero-order valence-electron chi connectivity index (χ0n) is 29.6. The van der Waals surface area contributed by atoms with Crippen LogP contribution < -0.4 is 14.4 Å². The van der Waals surface area contributed by atoms with Gasteiger partial charge in [0.05, 0.1) is 16.5 Å². The van der Waals surface area contributed by atoms with Crippen LogP contribution in [0.2, 0.25) is 5.02 Å². The molecule has 1 aliphatic carbocycles. The van der Waals surface area contributed by atoms with Gasteiger partial charge >= 0.3 is 0 Å². The fourth-order valence-corrected chi connectivity index (χ4v) is 11.0. The van der Waals surface area contributed by atoms with E-state index in [1.807, 2.05) is 17.0 Å². The lowest BCUT2D eigenvalue weighted by atomic mass is 9.79. The molecule has 5 aliphatic heterocycles. The number of benzene rings is 2. The summed E-state index contributed by atoms with van der Waals surface area (Å²) in [4.78, 5) is 34.8. The summed E-state index contributed by atoms with van der Waals surface area (Å²) in [6.07, 6.45) is 9.66. The maximum absolute atomic E-state index is 17.3. The van der Waals surface area contributed by atoms with Crippen LogP contribution in [0.1, 0.15) is 98.7 Å². The van der Waals surface area contributed by atoms with Crippen molar-refractivity contribution in [2.75, 3.05) is 37.6 Å². The third-order valence-electron chi connectivity index (χ3n) is 12.8. The van der Waals surface area contributed by atoms with Gasteiger partial charge in [-0.15, -0.1) is 0 Å². The lowest BCUT2D eigenvalue weighted by Crippen LogP contribution is -2.59. The van der Waals surface area contributed by atoms with Gasteiger partial charge in [0.2, 0.25) is 15.9 Å². The molecule has 7 bridgehead atoms. The quantitative estimate of drug-likeness (QED) is 0.358. The van der Waals surface area contributed by atoms with Gasteiger partial charge in [0.25, 0.3) is 5.91 Å². The summed E-state index contributed by atoms with van der Waals surface area (Å²) in [5.74, 6) is -1.45. The SMILES string of the molecule is C[C@@H]1[C@@H](C)C/C=C(\F)[C@H](C(=O)N2CCCC3(CC3)C2)N2CCC[C@@]23CN2CCCCc4cc(Cl)cc3c4COc3ccc(cc32)C(=O)NS1(=O)=O. The normalized spacial score (nSPS) is 31.3. The van der Waals surface area contributed by atoms with Gasteiger partial charge in [0.15, 0.2) is 0 Å². The van der Waals surface area contributed by atoms with Gasteiger partial charge in [-0.25, -0.2) is 17.5 Å². The number of halogens is 2. The number of carbonyl (C=O) groups excluding carboxylic acids is 2. The Balaban J connectivity index is 1.36. The number of fused-ring (bicyclic) bond motifs is 1. The van der Waals surface area contributed by atoms with Crippen molar-refractivity contribution in [1.29, 1.82) is 0 Å². The molecule has 274 valence electrons. The Morgan fingerprint density at radius 3 is 2.61 bits per heavy atom. The molecule has 0 unspecified atom stereocenters. The van der Waals surface area contributed by atoms with Crippen LogP contribution in [0.5, 0.6) is 5.75 Å². The summed E-state index contributed by atoms with van der Waals surface area (Å²) in [6.45, 7) is 6.29. The van der Waals surface area contributed by atoms with E-state index in [2.05, 4.69) is 14.5 Å². The Morgan fingerprint density at radius 2 is 1.80 bits per heavy atom. The predicted molar refractivity (Wildman–Crippen MR) is 195 cm³/mol. The molecule has 1 saturated carbocycles. The van der Waals surface area contributed by atoms with Crippen molar-refractivity contribution in [2.24, 2.45) is 11.3 Å². The fraction of sp³-hybridized carbons (Fsp3) is 0.590. The van der Waals surface area contributed by atoms with Gasteiger partial charge in [-0.1, -0.05) is 24.6 Å². The van der Waals surface area contributed by atoms with Gasteiger partial charge in [0, 0.05) is 43.3 Å². The highest BCUT2D eigenvalue weighted by Crippen LogP contribution is 2.53. The second kappa shape index (κ2) is 13.1. The number of hydrogen-bond acceptors (Lipinski definition) is 7. The van der Waals surface area contributed by atoms with E-state index in [9.17, 15) is 18.0 Å². The van der Waals surface area contributed by atoms with Crippen LogP contribution in [0.25, 0.3) is 0 Å². The molecule has 2 spiro atoms. The van der Waals surface area contributed by atoms with E-state index in [0.29, 0.717) is 55.6 Å². The molecular formula is C39H48ClFN4O5S. The first-order valence-electron chi connectivity index (χ1n) is 18.7. The van der Waals surface area contributed by atoms with Gasteiger partial charge in [0.1, 0.15) is 24.2 Å². The third kappa shape index (κ3) is 6.24. The Hall–Kier alpha value is -3.15. The molecule has 0 radical (unpaired) electrons. The van der Waals surface area contributed by atoms with Crippen molar-refractivity contribution >= 4 is 39.1 Å². The Labute approximate surface area is 305 Å². The minimum absolute atomic E-state index is 0.0853. The van der Waals surface area contributed by atoms with E-state index in [-0.39, 0.29) is 29.9 Å². The summed E-state index contributed by atoms with van der Waals surface area (Å²) in [6, 6.07) is 7.92. The molecule has 2 aromatic carbocycles. The Kier molecular flexibility index (Phi) is 8.94. The fourth-order valence-electron chi connectivity index (χ4n) is 9.46. The molecule has 4 atom stereocenters. The highest BCUT2D eigenvalue weighted by atomic mass is 35.5. The molecule has 12 heteroatoms. The van der Waals surface area contributed by atoms with E-state index in [0.717, 1.165) is 68.1 Å². The van der Waals surface area contributed by atoms with E-state index in [1.165, 1.54) is 13.0 Å². The number of nitrogens with zero attached hydrogens (tertiary/aromatic N) is 3. The number of ether oxygens (including phenoxy) is 1. The minimum atomic E-state index is -4.12. The lowest BCUT2D eigenvalue weighted by Gasteiger charge is -2.48. The molecule has 2 saturated heterocycles. The number of piperidine rings is 1. The summed E-state index contributed by atoms with van der Waals surface area (Å²) in [5, 5.41) is -0.393. The molecule has 6 aliphatic rings. The summed E-state index contributed by atoms with van der Waals surface area (Å²) in [7, 11) is -4.12. The van der Waals surface area contributed by atoms with Crippen molar-refractivity contribution in [1.82, 2.24) is 14.5 Å². The van der Waals surface area contributed by atoms with Crippen LogP contribution in [0, 0.1) is 11.3 Å². The van der Waals surface area contributed by atoms with Gasteiger partial charge in [-0.05, 0) is 129 Å². The van der Waals surface area contributed by atoms with E-state index >= 15 is 4.39 Å². The maximum atomic E-state index is 17.3. The third-order valence-corrected chi connectivity index (χ3v) is 14.9. The summed E-state index contributed by atoms with van der Waals surface area (Å²) < 4.78 is 53.2. The molecule has 3 fully saturated rings. The van der Waals surface area contributed by atoms with Gasteiger partial charge in [-0.3, -0.25) is 14.5 Å². The van der Waals surface area contributed by atoms with Crippen LogP contribution in [0.15, 0.2) is 42.2 Å². The van der Waals surface area contributed by atoms with Crippen molar-refractivity contribution in [3.8, 4) is 5.75 Å². The van der Waals surface area contributed by atoms with Gasteiger partial charge < -0.3 is 14.5 Å². The second-order valence-electron chi connectivity index (χ2n) is 16.0. The molecule has 51 heavy (non-hydrogen) atoms. The number of sulfonamides is 1. The molecule has 1 N–H and O–H groups in total. The van der Waals surface area contributed by atoms with Crippen molar-refractivity contribution in [3.05, 3.63) is 69.5 Å². The first kappa shape index (κ1) is 34.9. The highest BCUT2D eigenvalue weighted by Gasteiger charge is 2.54. The standard InChI is InChI=1S/C39H48ClFN4O5S/c1-25-8-10-32(41)35(37(47)44-17-5-12-38(23-44)14-15-38)45-18-6-13-39(45)24-43-16-4-3-7-27-19-29(40)21-31(39)30(27)22-50-34-11-9-28(20-33(34)43)36(46)42-51(48,49)26(25)2/h9-11,19-21,25-26,35H,3-8,12-18,22-24H2,1-2H3,(H,42,46)/b32-10-/t25-,26+,35+,39-/m0/s1. The first-order chi connectivity index (χ1) is 24.4. The number of rotatable bonds is 1. The number of anilines is 1. The average molecular weight is 739 g/mol. The predicted octanol–water partition coefficient (Wildman–Crippen LogP) is 6.48. The average Bonchev–Trinajstić information content (AvgIpc) is 3.71. The van der Waals surface area contributed by atoms with Crippen molar-refractivity contribution in [3.63, 3.8) is 0 Å². The number of hydrogen-bond donors (Lipinski definition) is 1. The number of aryl methyl sites for hydroxylation is 1. The van der Waals surface area contributed by atoms with E-state index in [4.69, 9.17) is 16.3 Å². The minimum Gasteiger partial charge on any atom is -0.487 e. The Bertz CT molecular complexity index is 1900. The smallest absolute Gasteiger partial charge is 0.264 e. The van der Waals surface area contributed by atoms with Crippen LogP contribution in [-0.4, -0.2) is 74.0 Å². The zero-order chi connectivity index (χ0) is 35.7. The second-order valence-corrected chi connectivity index (χ2v) is 18.5. The monoisotopic (exact) mass is 738 g/mol. The Morgan fingerprint density at radius 1 is 1.00 bits per heavy atom. The lowest BCUT2D eigenvalue weighted by molar-refractivity contribution is -0.140. The molecule has 8 rings (SSSR count). The zero-order valence-corrected chi connectivity index (χ0v) is 31.1. The van der Waals surface area contributed by atoms with Crippen LogP contribution >= 0.6 is 11.6 Å². The summed E-state index contributed by atoms with van der Waals surface area (Å²) in [5.41, 5.74) is 3.31. The largest absolute Gasteiger partial charge is 0.487 e. The molecular weight excluding hydrogens is 691 g/mol. The maximum Gasteiger partial charge on any atom is 0.264 e. The number of amides is 2. The molecule has 5 heterocycles. The number of carbonyl (C=O) groups is 2. The number of likely N-dealkylation sites (tertiary alicyclic amines) is 1. The molecule has 9 nitrogen and oxygen atoms in total. The van der Waals surface area contributed by atoms with Gasteiger partial charge in [-0.2, -0.15) is 0 Å². The van der Waals surface area contributed by atoms with Crippen LogP contribution in [0.4, 0.5) is 10.1 Å². The van der Waals surface area contributed by atoms with Crippen LogP contribution in [0.3, 0.4) is 0 Å². The molecule has 2 amide bonds. The van der Waals surface area contributed by atoms with Crippen molar-refractivity contribution in [2.45, 2.75) is 101 Å². The summed E-state index contributed by atoms with van der Waals surface area (Å²) >= 11 is 6.94. The van der Waals surface area contributed by atoms with E-state index in [1.54, 1.807) is 25.1 Å². The van der Waals surface area contributed by atoms with Crippen molar-refractivity contribution < 1.29 is 27.1 Å². The number of allylic oxidation sites excluding steroid dienone is 1. The highest BCUT2D eigenvalue weighted by molar-refractivity contribution is 7.90. The first-order valence-corrected chi connectivity index (χ1v) is 20.6. The topological polar surface area (TPSA) is 99.3 Å².